The van der Waals surface area contributed by atoms with Gasteiger partial charge in [0.2, 0.25) is 0 Å². The largest absolute Gasteiger partial charge is 0.332 e. The minimum Gasteiger partial charge on any atom is -0.332 e. The van der Waals surface area contributed by atoms with Crippen LogP contribution in [-0.4, -0.2) is 17.6 Å². The molecule has 0 bridgehead atoms. The number of nitrogens with one attached hydrogen (secondary N) is 1. The number of para-hydroxylation sites is 1. The quantitative estimate of drug-likeness (QED) is 0.751. The van der Waals surface area contributed by atoms with Gasteiger partial charge in [-0.05, 0) is 30.5 Å². The Morgan fingerprint density at radius 1 is 0.917 bits per heavy atom. The molecule has 0 unspecified atom stereocenters. The molecule has 0 heterocycles. The number of anilines is 1. The van der Waals surface area contributed by atoms with Crippen molar-refractivity contribution in [3.63, 3.8) is 0 Å². The molecule has 0 aliphatic heterocycles. The molecule has 1 saturated carbocycles. The van der Waals surface area contributed by atoms with E-state index < -0.39 is 0 Å². The van der Waals surface area contributed by atoms with E-state index in [1.807, 2.05) is 6.07 Å². The number of benzene rings is 2. The van der Waals surface area contributed by atoms with Crippen LogP contribution in [0.5, 0.6) is 0 Å². The zero-order valence-corrected chi connectivity index (χ0v) is 15.0. The fourth-order valence-corrected chi connectivity index (χ4v) is 3.84. The van der Waals surface area contributed by atoms with Crippen LogP contribution in [0.2, 0.25) is 0 Å². The molecule has 1 aliphatic rings. The highest BCUT2D eigenvalue weighted by atomic mass is 32.1. The molecule has 2 aromatic carbocycles. The maximum atomic E-state index is 5.82. The maximum absolute atomic E-state index is 5.82. The van der Waals surface area contributed by atoms with Gasteiger partial charge in [-0.2, -0.15) is 0 Å². The lowest BCUT2D eigenvalue weighted by Gasteiger charge is -2.36. The van der Waals surface area contributed by atoms with Gasteiger partial charge in [0.05, 0.1) is 4.99 Å². The zero-order valence-electron chi connectivity index (χ0n) is 14.2. The van der Waals surface area contributed by atoms with Crippen molar-refractivity contribution in [2.24, 2.45) is 0 Å². The highest BCUT2D eigenvalue weighted by Gasteiger charge is 2.24. The maximum Gasteiger partial charge on any atom is 0.0966 e. The van der Waals surface area contributed by atoms with Gasteiger partial charge in [0.15, 0.2) is 0 Å². The van der Waals surface area contributed by atoms with Crippen LogP contribution in [0, 0.1) is 0 Å². The number of hydrogen-bond acceptors (Lipinski definition) is 2. The van der Waals surface area contributed by atoms with E-state index in [0.29, 0.717) is 6.04 Å². The summed E-state index contributed by atoms with van der Waals surface area (Å²) in [6, 6.07) is 21.7. The monoisotopic (exact) mass is 338 g/mol. The zero-order chi connectivity index (χ0) is 16.6. The number of thiocarbonyl (C=S) groups is 1. The minimum atomic E-state index is 0.548. The number of rotatable bonds is 6. The third-order valence-corrected chi connectivity index (χ3v) is 5.03. The Morgan fingerprint density at radius 3 is 2.21 bits per heavy atom. The van der Waals surface area contributed by atoms with Crippen molar-refractivity contribution in [2.75, 3.05) is 11.4 Å². The Balaban J connectivity index is 1.64. The van der Waals surface area contributed by atoms with Crippen LogP contribution in [0.15, 0.2) is 60.7 Å². The first-order valence-electron chi connectivity index (χ1n) is 8.96. The summed E-state index contributed by atoms with van der Waals surface area (Å²) < 4.78 is 0. The SMILES string of the molecule is S=C(CNCc1ccccc1)N(c1ccccc1)C1CCCCC1. The average Bonchev–Trinajstić information content (AvgIpc) is 2.65. The van der Waals surface area contributed by atoms with Crippen LogP contribution >= 0.6 is 12.2 Å². The van der Waals surface area contributed by atoms with Gasteiger partial charge < -0.3 is 10.2 Å². The lowest BCUT2D eigenvalue weighted by atomic mass is 9.93. The second-order valence-electron chi connectivity index (χ2n) is 6.48. The van der Waals surface area contributed by atoms with E-state index in [1.54, 1.807) is 0 Å². The van der Waals surface area contributed by atoms with Crippen LogP contribution in [0.4, 0.5) is 5.69 Å². The highest BCUT2D eigenvalue weighted by molar-refractivity contribution is 7.80. The summed E-state index contributed by atoms with van der Waals surface area (Å²) in [7, 11) is 0. The van der Waals surface area contributed by atoms with Gasteiger partial charge in [0.25, 0.3) is 0 Å². The average molecular weight is 339 g/mol. The van der Waals surface area contributed by atoms with E-state index in [0.717, 1.165) is 18.1 Å². The van der Waals surface area contributed by atoms with Crippen molar-refractivity contribution in [1.82, 2.24) is 5.32 Å². The summed E-state index contributed by atoms with van der Waals surface area (Å²) in [6.07, 6.45) is 6.47. The first kappa shape index (κ1) is 17.1. The molecule has 0 amide bonds. The molecule has 1 aliphatic carbocycles. The molecular weight excluding hydrogens is 312 g/mol. The van der Waals surface area contributed by atoms with Gasteiger partial charge in [-0.3, -0.25) is 0 Å². The number of nitrogens with zero attached hydrogens (tertiary/aromatic N) is 1. The first-order chi connectivity index (χ1) is 11.8. The predicted molar refractivity (Wildman–Crippen MR) is 107 cm³/mol. The van der Waals surface area contributed by atoms with Crippen molar-refractivity contribution in [2.45, 2.75) is 44.7 Å². The van der Waals surface area contributed by atoms with Crippen LogP contribution in [0.1, 0.15) is 37.7 Å². The van der Waals surface area contributed by atoms with Gasteiger partial charge in [0.1, 0.15) is 0 Å². The minimum absolute atomic E-state index is 0.548. The Kier molecular flexibility index (Phi) is 6.39. The standard InChI is InChI=1S/C21H26N2S/c24-21(17-22-16-18-10-4-1-5-11-18)23(19-12-6-2-7-13-19)20-14-8-3-9-15-20/h1-2,4-7,10-13,20,22H,3,8-9,14-17H2. The van der Waals surface area contributed by atoms with Crippen molar-refractivity contribution in [1.29, 1.82) is 0 Å². The number of hydrogen-bond donors (Lipinski definition) is 1. The Labute approximate surface area is 150 Å². The first-order valence-corrected chi connectivity index (χ1v) is 9.37. The van der Waals surface area contributed by atoms with Gasteiger partial charge in [-0.15, -0.1) is 0 Å². The molecule has 0 aromatic heterocycles. The van der Waals surface area contributed by atoms with E-state index in [2.05, 4.69) is 64.8 Å². The summed E-state index contributed by atoms with van der Waals surface area (Å²) in [5.41, 5.74) is 2.53. The van der Waals surface area contributed by atoms with Gasteiger partial charge >= 0.3 is 0 Å². The molecule has 0 saturated heterocycles. The lowest BCUT2D eigenvalue weighted by Crippen LogP contribution is -2.44. The molecule has 0 atom stereocenters. The molecule has 2 nitrogen and oxygen atoms in total. The summed E-state index contributed by atoms with van der Waals surface area (Å²) in [4.78, 5) is 3.40. The van der Waals surface area contributed by atoms with Crippen LogP contribution in [0.3, 0.4) is 0 Å². The molecule has 24 heavy (non-hydrogen) atoms. The second kappa shape index (κ2) is 8.95. The second-order valence-corrected chi connectivity index (χ2v) is 6.95. The molecule has 1 fully saturated rings. The Hall–Kier alpha value is -1.71. The molecule has 0 spiro atoms. The normalized spacial score (nSPS) is 15.2. The van der Waals surface area contributed by atoms with E-state index in [-0.39, 0.29) is 0 Å². The summed E-state index contributed by atoms with van der Waals surface area (Å²) >= 11 is 5.82. The van der Waals surface area contributed by atoms with Gasteiger partial charge in [0, 0.05) is 24.8 Å². The van der Waals surface area contributed by atoms with Crippen LogP contribution < -0.4 is 10.2 Å². The molecule has 3 heteroatoms. The molecule has 3 rings (SSSR count). The molecule has 2 aromatic rings. The van der Waals surface area contributed by atoms with Crippen LogP contribution in [-0.2, 0) is 6.54 Å². The van der Waals surface area contributed by atoms with E-state index in [1.165, 1.54) is 43.4 Å². The van der Waals surface area contributed by atoms with Crippen molar-refractivity contribution >= 4 is 22.9 Å². The Morgan fingerprint density at radius 2 is 1.54 bits per heavy atom. The van der Waals surface area contributed by atoms with E-state index in [4.69, 9.17) is 12.2 Å². The fraction of sp³-hybridized carbons (Fsp3) is 0.381. The van der Waals surface area contributed by atoms with Gasteiger partial charge in [-0.1, -0.05) is 80.0 Å². The van der Waals surface area contributed by atoms with Crippen molar-refractivity contribution in [3.05, 3.63) is 66.2 Å². The molecule has 1 N–H and O–H groups in total. The highest BCUT2D eigenvalue weighted by Crippen LogP contribution is 2.27. The summed E-state index contributed by atoms with van der Waals surface area (Å²) in [5, 5.41) is 3.51. The van der Waals surface area contributed by atoms with Crippen molar-refractivity contribution in [3.8, 4) is 0 Å². The molecule has 0 radical (unpaired) electrons. The topological polar surface area (TPSA) is 15.3 Å². The molecule has 126 valence electrons. The fourth-order valence-electron chi connectivity index (χ4n) is 3.48. The predicted octanol–water partition coefficient (Wildman–Crippen LogP) is 4.94. The smallest absolute Gasteiger partial charge is 0.0966 e. The third kappa shape index (κ3) is 4.65. The van der Waals surface area contributed by atoms with Crippen molar-refractivity contribution < 1.29 is 0 Å². The molecular formula is C21H26N2S. The third-order valence-electron chi connectivity index (χ3n) is 4.69. The van der Waals surface area contributed by atoms with Gasteiger partial charge in [-0.25, -0.2) is 0 Å². The summed E-state index contributed by atoms with van der Waals surface area (Å²) in [5.74, 6) is 0. The van der Waals surface area contributed by atoms with E-state index >= 15 is 0 Å². The lowest BCUT2D eigenvalue weighted by molar-refractivity contribution is 0.440. The Bertz CT molecular complexity index is 621. The van der Waals surface area contributed by atoms with E-state index in [9.17, 15) is 0 Å². The summed E-state index contributed by atoms with van der Waals surface area (Å²) in [6.45, 7) is 1.60. The van der Waals surface area contributed by atoms with Crippen LogP contribution in [0.25, 0.3) is 0 Å².